The van der Waals surface area contributed by atoms with Crippen molar-refractivity contribution >= 4 is 27.7 Å². The number of carbonyl (C=O) groups excluding carboxylic acids is 1. The normalized spacial score (nSPS) is 24.1. The van der Waals surface area contributed by atoms with Gasteiger partial charge in [-0.2, -0.15) is 0 Å². The molecular weight excluding hydrogens is 320 g/mol. The van der Waals surface area contributed by atoms with Crippen molar-refractivity contribution in [2.24, 2.45) is 5.92 Å². The summed E-state index contributed by atoms with van der Waals surface area (Å²) in [5, 5.41) is 9.33. The zero-order chi connectivity index (χ0) is 14.7. The van der Waals surface area contributed by atoms with E-state index in [2.05, 4.69) is 15.9 Å². The maximum atomic E-state index is 11.9. The van der Waals surface area contributed by atoms with E-state index in [-0.39, 0.29) is 22.4 Å². The van der Waals surface area contributed by atoms with Gasteiger partial charge in [0.2, 0.25) is 0 Å². The van der Waals surface area contributed by atoms with Crippen LogP contribution >= 0.6 is 15.9 Å². The Kier molecular flexibility index (Phi) is 4.97. The highest BCUT2D eigenvalue weighted by molar-refractivity contribution is 9.10. The van der Waals surface area contributed by atoms with Gasteiger partial charge in [-0.25, -0.2) is 0 Å². The van der Waals surface area contributed by atoms with Crippen LogP contribution in [0.2, 0.25) is 0 Å². The van der Waals surface area contributed by atoms with Crippen LogP contribution in [-0.4, -0.2) is 21.7 Å². The molecular formula is C16H19BrO3. The lowest BCUT2D eigenvalue weighted by atomic mass is 9.75. The predicted molar refractivity (Wildman–Crippen MR) is 81.5 cm³/mol. The van der Waals surface area contributed by atoms with Gasteiger partial charge in [0, 0.05) is 5.56 Å². The number of Topliss-reactive ketones (excluding diaryl/α,β-unsaturated/α-hetero) is 1. The summed E-state index contributed by atoms with van der Waals surface area (Å²) in [6.45, 7) is 1.80. The fraction of sp³-hybridized carbons (Fsp3) is 0.500. The topological polar surface area (TPSA) is 54.4 Å². The minimum Gasteiger partial charge on any atom is -0.481 e. The lowest BCUT2D eigenvalue weighted by Gasteiger charge is -2.29. The Morgan fingerprint density at radius 2 is 1.80 bits per heavy atom. The van der Waals surface area contributed by atoms with Crippen molar-refractivity contribution in [1.82, 2.24) is 0 Å². The van der Waals surface area contributed by atoms with Gasteiger partial charge in [0.25, 0.3) is 0 Å². The molecule has 3 atom stereocenters. The first-order valence-corrected chi connectivity index (χ1v) is 7.93. The van der Waals surface area contributed by atoms with Crippen LogP contribution in [0.4, 0.5) is 0 Å². The van der Waals surface area contributed by atoms with Crippen LogP contribution < -0.4 is 0 Å². The molecule has 0 saturated heterocycles. The van der Waals surface area contributed by atoms with E-state index in [0.29, 0.717) is 5.56 Å². The standard InChI is InChI=1S/C16H19BrO3/c1-10(17)15(18)12-8-6-11(7-9-12)13-4-2-3-5-14(13)16(19)20/h6-10,13-14H,2-5H2,1H3,(H,19,20). The second kappa shape index (κ2) is 6.53. The first kappa shape index (κ1) is 15.2. The van der Waals surface area contributed by atoms with Gasteiger partial charge in [0.05, 0.1) is 10.7 Å². The van der Waals surface area contributed by atoms with Crippen molar-refractivity contribution < 1.29 is 14.7 Å². The molecule has 0 aliphatic heterocycles. The van der Waals surface area contributed by atoms with E-state index in [0.717, 1.165) is 31.2 Å². The smallest absolute Gasteiger partial charge is 0.307 e. The fourth-order valence-electron chi connectivity index (χ4n) is 2.95. The van der Waals surface area contributed by atoms with Crippen molar-refractivity contribution in [2.75, 3.05) is 0 Å². The Morgan fingerprint density at radius 1 is 1.20 bits per heavy atom. The zero-order valence-corrected chi connectivity index (χ0v) is 13.1. The molecule has 2 rings (SSSR count). The Bertz CT molecular complexity index is 493. The summed E-state index contributed by atoms with van der Waals surface area (Å²) in [7, 11) is 0. The summed E-state index contributed by atoms with van der Waals surface area (Å²) in [6.07, 6.45) is 3.73. The van der Waals surface area contributed by atoms with E-state index < -0.39 is 5.97 Å². The molecule has 1 aliphatic carbocycles. The first-order valence-electron chi connectivity index (χ1n) is 7.01. The van der Waals surface area contributed by atoms with E-state index in [9.17, 15) is 14.7 Å². The largest absolute Gasteiger partial charge is 0.481 e. The highest BCUT2D eigenvalue weighted by Crippen LogP contribution is 2.38. The third-order valence-corrected chi connectivity index (χ3v) is 4.48. The third-order valence-electron chi connectivity index (χ3n) is 4.07. The number of carbonyl (C=O) groups is 2. The number of carboxylic acids is 1. The molecule has 20 heavy (non-hydrogen) atoms. The molecule has 1 aromatic rings. The molecule has 1 fully saturated rings. The molecule has 3 nitrogen and oxygen atoms in total. The molecule has 0 bridgehead atoms. The lowest BCUT2D eigenvalue weighted by Crippen LogP contribution is -2.25. The van der Waals surface area contributed by atoms with Gasteiger partial charge in [0.1, 0.15) is 0 Å². The van der Waals surface area contributed by atoms with E-state index in [1.54, 1.807) is 6.92 Å². The second-order valence-corrected chi connectivity index (χ2v) is 6.81. The van der Waals surface area contributed by atoms with Crippen LogP contribution in [0.15, 0.2) is 24.3 Å². The molecule has 108 valence electrons. The van der Waals surface area contributed by atoms with Crippen LogP contribution in [0.1, 0.15) is 54.4 Å². The number of benzene rings is 1. The molecule has 4 heteroatoms. The molecule has 1 saturated carbocycles. The lowest BCUT2D eigenvalue weighted by molar-refractivity contribution is -0.143. The van der Waals surface area contributed by atoms with Crippen LogP contribution in [0, 0.1) is 5.92 Å². The number of rotatable bonds is 4. The summed E-state index contributed by atoms with van der Waals surface area (Å²) >= 11 is 3.27. The fourth-order valence-corrected chi connectivity index (χ4v) is 3.21. The van der Waals surface area contributed by atoms with Crippen molar-refractivity contribution in [3.8, 4) is 0 Å². The number of carboxylic acid groups (broad SMARTS) is 1. The first-order chi connectivity index (χ1) is 9.50. The molecule has 1 aliphatic rings. The summed E-state index contributed by atoms with van der Waals surface area (Å²) in [4.78, 5) is 23.0. The van der Waals surface area contributed by atoms with Crippen molar-refractivity contribution in [3.05, 3.63) is 35.4 Å². The Balaban J connectivity index is 2.20. The quantitative estimate of drug-likeness (QED) is 0.666. The minimum absolute atomic E-state index is 0.0509. The Labute approximate surface area is 127 Å². The number of aliphatic carboxylic acids is 1. The van der Waals surface area contributed by atoms with Gasteiger partial charge in [-0.1, -0.05) is 53.0 Å². The van der Waals surface area contributed by atoms with Crippen molar-refractivity contribution in [1.29, 1.82) is 0 Å². The molecule has 3 unspecified atom stereocenters. The molecule has 0 heterocycles. The van der Waals surface area contributed by atoms with Crippen LogP contribution in [0.25, 0.3) is 0 Å². The highest BCUT2D eigenvalue weighted by Gasteiger charge is 2.31. The van der Waals surface area contributed by atoms with E-state index >= 15 is 0 Å². The van der Waals surface area contributed by atoms with E-state index in [4.69, 9.17) is 0 Å². The van der Waals surface area contributed by atoms with Crippen LogP contribution in [0.3, 0.4) is 0 Å². The Hall–Kier alpha value is -1.16. The Morgan fingerprint density at radius 3 is 2.35 bits per heavy atom. The third kappa shape index (κ3) is 3.29. The second-order valence-electron chi connectivity index (χ2n) is 5.44. The number of hydrogen-bond donors (Lipinski definition) is 1. The summed E-state index contributed by atoms with van der Waals surface area (Å²) in [5.74, 6) is -0.869. The minimum atomic E-state index is -0.705. The summed E-state index contributed by atoms with van der Waals surface area (Å²) in [5.41, 5.74) is 1.71. The maximum absolute atomic E-state index is 11.9. The number of hydrogen-bond acceptors (Lipinski definition) is 2. The highest BCUT2D eigenvalue weighted by atomic mass is 79.9. The average Bonchev–Trinajstić information content (AvgIpc) is 2.46. The van der Waals surface area contributed by atoms with Gasteiger partial charge in [0.15, 0.2) is 5.78 Å². The maximum Gasteiger partial charge on any atom is 0.307 e. The molecule has 0 spiro atoms. The van der Waals surface area contributed by atoms with E-state index in [1.807, 2.05) is 24.3 Å². The van der Waals surface area contributed by atoms with Crippen molar-refractivity contribution in [3.63, 3.8) is 0 Å². The van der Waals surface area contributed by atoms with Crippen LogP contribution in [0.5, 0.6) is 0 Å². The molecule has 0 aromatic heterocycles. The average molecular weight is 339 g/mol. The molecule has 0 amide bonds. The molecule has 0 radical (unpaired) electrons. The number of alkyl halides is 1. The SMILES string of the molecule is CC(Br)C(=O)c1ccc(C2CCCCC2C(=O)O)cc1. The van der Waals surface area contributed by atoms with Gasteiger partial charge in [-0.05, 0) is 31.2 Å². The van der Waals surface area contributed by atoms with Gasteiger partial charge >= 0.3 is 5.97 Å². The zero-order valence-electron chi connectivity index (χ0n) is 11.5. The molecule has 1 N–H and O–H groups in total. The number of halogens is 1. The van der Waals surface area contributed by atoms with Gasteiger partial charge in [-0.15, -0.1) is 0 Å². The summed E-state index contributed by atoms with van der Waals surface area (Å²) < 4.78 is 0. The summed E-state index contributed by atoms with van der Waals surface area (Å²) in [6, 6.07) is 7.44. The monoisotopic (exact) mass is 338 g/mol. The van der Waals surface area contributed by atoms with Crippen molar-refractivity contribution in [2.45, 2.75) is 43.4 Å². The predicted octanol–water partition coefficient (Wildman–Crippen LogP) is 4.01. The molecule has 1 aromatic carbocycles. The van der Waals surface area contributed by atoms with Crippen LogP contribution in [-0.2, 0) is 4.79 Å². The van der Waals surface area contributed by atoms with Gasteiger partial charge in [-0.3, -0.25) is 9.59 Å². The van der Waals surface area contributed by atoms with E-state index in [1.165, 1.54) is 0 Å². The van der Waals surface area contributed by atoms with Gasteiger partial charge < -0.3 is 5.11 Å². The number of ketones is 1.